The molecule has 0 aromatic carbocycles. The molecule has 1 N–H and O–H groups in total. The molecular weight excluding hydrogens is 192 g/mol. The van der Waals surface area contributed by atoms with Crippen LogP contribution in [0.2, 0.25) is 0 Å². The van der Waals surface area contributed by atoms with Crippen LogP contribution in [0.1, 0.15) is 52.9 Å². The Balaban J connectivity index is 2.65. The fraction of sp³-hybridized carbons (Fsp3) is 0.917. The lowest BCUT2D eigenvalue weighted by molar-refractivity contribution is -0.166. The number of aliphatic hydroxyl groups is 1. The van der Waals surface area contributed by atoms with Crippen molar-refractivity contribution < 1.29 is 14.6 Å². The van der Waals surface area contributed by atoms with E-state index in [9.17, 15) is 9.90 Å². The van der Waals surface area contributed by atoms with E-state index in [2.05, 4.69) is 13.8 Å². The monoisotopic (exact) mass is 214 g/mol. The van der Waals surface area contributed by atoms with Crippen molar-refractivity contribution in [3.05, 3.63) is 0 Å². The van der Waals surface area contributed by atoms with Crippen molar-refractivity contribution in [2.24, 2.45) is 5.41 Å². The zero-order valence-electron chi connectivity index (χ0n) is 10.0. The van der Waals surface area contributed by atoms with E-state index in [1.54, 1.807) is 6.92 Å². The molecule has 1 fully saturated rings. The summed E-state index contributed by atoms with van der Waals surface area (Å²) < 4.78 is 4.92. The van der Waals surface area contributed by atoms with Crippen molar-refractivity contribution in [1.82, 2.24) is 0 Å². The molecule has 1 aliphatic carbocycles. The molecule has 88 valence electrons. The Hall–Kier alpha value is -0.570. The second-order valence-electron chi connectivity index (χ2n) is 5.27. The fourth-order valence-corrected chi connectivity index (χ4v) is 2.12. The summed E-state index contributed by atoms with van der Waals surface area (Å²) in [5.74, 6) is -0.442. The van der Waals surface area contributed by atoms with Crippen molar-refractivity contribution in [3.8, 4) is 0 Å². The molecule has 3 nitrogen and oxygen atoms in total. The second kappa shape index (κ2) is 4.52. The maximum Gasteiger partial charge on any atom is 0.338 e. The number of esters is 1. The molecule has 1 rings (SSSR count). The molecule has 0 radical (unpaired) electrons. The molecule has 1 aliphatic rings. The van der Waals surface area contributed by atoms with Crippen LogP contribution < -0.4 is 0 Å². The van der Waals surface area contributed by atoms with E-state index in [0.29, 0.717) is 19.4 Å². The van der Waals surface area contributed by atoms with Gasteiger partial charge in [-0.15, -0.1) is 0 Å². The normalized spacial score (nSPS) is 30.7. The molecule has 0 aromatic rings. The van der Waals surface area contributed by atoms with Crippen LogP contribution in [0.5, 0.6) is 0 Å². The summed E-state index contributed by atoms with van der Waals surface area (Å²) in [6.07, 6.45) is 3.90. The predicted molar refractivity (Wildman–Crippen MR) is 58.4 cm³/mol. The Bertz CT molecular complexity index is 235. The number of hydrogen-bond donors (Lipinski definition) is 1. The van der Waals surface area contributed by atoms with Gasteiger partial charge in [0.05, 0.1) is 6.61 Å². The van der Waals surface area contributed by atoms with Gasteiger partial charge in [-0.2, -0.15) is 0 Å². The molecule has 15 heavy (non-hydrogen) atoms. The second-order valence-corrected chi connectivity index (χ2v) is 5.27. The minimum atomic E-state index is -1.23. The number of hydrogen-bond acceptors (Lipinski definition) is 3. The SMILES string of the molecule is CCOC(=O)C1(O)CCCC(C)(C)CC1. The Morgan fingerprint density at radius 1 is 1.27 bits per heavy atom. The van der Waals surface area contributed by atoms with Crippen molar-refractivity contribution >= 4 is 5.97 Å². The van der Waals surface area contributed by atoms with Crippen LogP contribution >= 0.6 is 0 Å². The van der Waals surface area contributed by atoms with E-state index in [-0.39, 0.29) is 5.41 Å². The smallest absolute Gasteiger partial charge is 0.338 e. The quantitative estimate of drug-likeness (QED) is 0.566. The van der Waals surface area contributed by atoms with Gasteiger partial charge in [0.1, 0.15) is 0 Å². The average Bonchev–Trinajstić information content (AvgIpc) is 2.27. The molecule has 0 saturated heterocycles. The van der Waals surface area contributed by atoms with Gasteiger partial charge in [0.25, 0.3) is 0 Å². The van der Waals surface area contributed by atoms with Gasteiger partial charge >= 0.3 is 5.97 Å². The first-order chi connectivity index (χ1) is 6.90. The largest absolute Gasteiger partial charge is 0.464 e. The Morgan fingerprint density at radius 2 is 1.93 bits per heavy atom. The molecule has 0 aromatic heterocycles. The highest BCUT2D eigenvalue weighted by Gasteiger charge is 2.40. The first kappa shape index (κ1) is 12.5. The highest BCUT2D eigenvalue weighted by atomic mass is 16.5. The number of carbonyl (C=O) groups excluding carboxylic acids is 1. The third-order valence-electron chi connectivity index (χ3n) is 3.31. The molecular formula is C12H22O3. The van der Waals surface area contributed by atoms with Gasteiger partial charge in [-0.3, -0.25) is 0 Å². The summed E-state index contributed by atoms with van der Waals surface area (Å²) in [6.45, 7) is 6.47. The maximum atomic E-state index is 11.6. The molecule has 0 amide bonds. The Kier molecular flexibility index (Phi) is 3.77. The summed E-state index contributed by atoms with van der Waals surface area (Å²) >= 11 is 0. The number of ether oxygens (including phenoxy) is 1. The van der Waals surface area contributed by atoms with Crippen LogP contribution in [-0.2, 0) is 9.53 Å². The van der Waals surface area contributed by atoms with Crippen LogP contribution in [0.25, 0.3) is 0 Å². The van der Waals surface area contributed by atoms with Crippen molar-refractivity contribution in [2.45, 2.75) is 58.5 Å². The van der Waals surface area contributed by atoms with E-state index >= 15 is 0 Å². The highest BCUT2D eigenvalue weighted by Crippen LogP contribution is 2.38. The van der Waals surface area contributed by atoms with Gasteiger partial charge < -0.3 is 9.84 Å². The third kappa shape index (κ3) is 3.20. The van der Waals surface area contributed by atoms with E-state index in [0.717, 1.165) is 19.3 Å². The standard InChI is InChI=1S/C12H22O3/c1-4-15-10(13)12(14)7-5-6-11(2,3)8-9-12/h14H,4-9H2,1-3H3. The van der Waals surface area contributed by atoms with Gasteiger partial charge in [0, 0.05) is 0 Å². The average molecular weight is 214 g/mol. The summed E-state index contributed by atoms with van der Waals surface area (Å²) in [7, 11) is 0. The molecule has 0 spiro atoms. The van der Waals surface area contributed by atoms with Crippen LogP contribution in [0.3, 0.4) is 0 Å². The van der Waals surface area contributed by atoms with Gasteiger partial charge in [-0.25, -0.2) is 4.79 Å². The van der Waals surface area contributed by atoms with E-state index in [4.69, 9.17) is 4.74 Å². The van der Waals surface area contributed by atoms with Crippen molar-refractivity contribution in [3.63, 3.8) is 0 Å². The van der Waals surface area contributed by atoms with Crippen molar-refractivity contribution in [1.29, 1.82) is 0 Å². The van der Waals surface area contributed by atoms with Gasteiger partial charge in [-0.1, -0.05) is 13.8 Å². The van der Waals surface area contributed by atoms with E-state index in [1.165, 1.54) is 0 Å². The maximum absolute atomic E-state index is 11.6. The Labute approximate surface area is 91.8 Å². The first-order valence-corrected chi connectivity index (χ1v) is 5.79. The van der Waals surface area contributed by atoms with Gasteiger partial charge in [-0.05, 0) is 44.4 Å². The molecule has 3 heteroatoms. The Morgan fingerprint density at radius 3 is 2.53 bits per heavy atom. The molecule has 0 heterocycles. The first-order valence-electron chi connectivity index (χ1n) is 5.79. The lowest BCUT2D eigenvalue weighted by Crippen LogP contribution is -2.39. The minimum Gasteiger partial charge on any atom is -0.464 e. The van der Waals surface area contributed by atoms with Crippen LogP contribution in [-0.4, -0.2) is 23.3 Å². The number of carbonyl (C=O) groups is 1. The number of rotatable bonds is 2. The lowest BCUT2D eigenvalue weighted by Gasteiger charge is -2.25. The van der Waals surface area contributed by atoms with Gasteiger partial charge in [0.15, 0.2) is 5.60 Å². The molecule has 0 bridgehead atoms. The zero-order chi connectivity index (χ0) is 11.5. The third-order valence-corrected chi connectivity index (χ3v) is 3.31. The zero-order valence-corrected chi connectivity index (χ0v) is 10.0. The van der Waals surface area contributed by atoms with Crippen LogP contribution in [0, 0.1) is 5.41 Å². The summed E-state index contributed by atoms with van der Waals surface area (Å²) in [5, 5.41) is 10.2. The lowest BCUT2D eigenvalue weighted by atomic mass is 9.84. The summed E-state index contributed by atoms with van der Waals surface area (Å²) in [5.41, 5.74) is -0.999. The van der Waals surface area contributed by atoms with E-state index < -0.39 is 11.6 Å². The minimum absolute atomic E-state index is 0.233. The topological polar surface area (TPSA) is 46.5 Å². The highest BCUT2D eigenvalue weighted by molar-refractivity contribution is 5.79. The summed E-state index contributed by atoms with van der Waals surface area (Å²) in [4.78, 5) is 11.6. The van der Waals surface area contributed by atoms with E-state index in [1.807, 2.05) is 0 Å². The van der Waals surface area contributed by atoms with Crippen LogP contribution in [0.4, 0.5) is 0 Å². The fourth-order valence-electron chi connectivity index (χ4n) is 2.12. The predicted octanol–water partition coefficient (Wildman–Crippen LogP) is 2.27. The van der Waals surface area contributed by atoms with Crippen LogP contribution in [0.15, 0.2) is 0 Å². The molecule has 1 atom stereocenters. The summed E-state index contributed by atoms with van der Waals surface area (Å²) in [6, 6.07) is 0. The molecule has 1 saturated carbocycles. The van der Waals surface area contributed by atoms with Gasteiger partial charge in [0.2, 0.25) is 0 Å². The molecule has 1 unspecified atom stereocenters. The van der Waals surface area contributed by atoms with Crippen molar-refractivity contribution in [2.75, 3.05) is 6.61 Å². The molecule has 0 aliphatic heterocycles.